The average Bonchev–Trinajstić information content (AvgIpc) is 3.00. The zero-order valence-electron chi connectivity index (χ0n) is 16.5. The Morgan fingerprint density at radius 3 is 2.23 bits per heavy atom. The summed E-state index contributed by atoms with van der Waals surface area (Å²) in [4.78, 5) is 4.85. The fourth-order valence-corrected chi connectivity index (χ4v) is 4.84. The Kier molecular flexibility index (Phi) is 4.42. The number of hydrogen-bond donors (Lipinski definition) is 0. The van der Waals surface area contributed by atoms with Gasteiger partial charge in [0.25, 0.3) is 0 Å². The summed E-state index contributed by atoms with van der Waals surface area (Å²) >= 11 is 0. The molecule has 0 amide bonds. The zero-order chi connectivity index (χ0) is 19.3. The molecule has 1 saturated heterocycles. The van der Waals surface area contributed by atoms with Crippen LogP contribution in [0.1, 0.15) is 52.2 Å². The van der Waals surface area contributed by atoms with Gasteiger partial charge in [0.05, 0.1) is 12.0 Å². The van der Waals surface area contributed by atoms with Gasteiger partial charge in [0, 0.05) is 18.7 Å². The first-order valence-electron chi connectivity index (χ1n) is 8.99. The lowest BCUT2D eigenvalue weighted by Gasteiger charge is -2.27. The van der Waals surface area contributed by atoms with Crippen LogP contribution >= 0.6 is 0 Å². The summed E-state index contributed by atoms with van der Waals surface area (Å²) in [7, 11) is -3.34. The molecule has 2 heterocycles. The van der Waals surface area contributed by atoms with Crippen LogP contribution in [0.4, 0.5) is 0 Å². The molecular weight excluding hydrogens is 344 g/mol. The molecule has 26 heavy (non-hydrogen) atoms. The molecule has 0 unspecified atom stereocenters. The number of benzene rings is 1. The molecule has 0 radical (unpaired) electrons. The van der Waals surface area contributed by atoms with Crippen LogP contribution in [-0.4, -0.2) is 36.8 Å². The third-order valence-electron chi connectivity index (χ3n) is 5.29. The second kappa shape index (κ2) is 6.08. The van der Waals surface area contributed by atoms with E-state index in [1.165, 1.54) is 16.1 Å². The van der Waals surface area contributed by atoms with Gasteiger partial charge in [0.1, 0.15) is 5.54 Å². The lowest BCUT2D eigenvalue weighted by atomic mass is 9.86. The van der Waals surface area contributed by atoms with E-state index in [4.69, 9.17) is 4.99 Å². The van der Waals surface area contributed by atoms with Crippen LogP contribution in [0.3, 0.4) is 0 Å². The molecule has 5 heteroatoms. The molecule has 2 aliphatic rings. The van der Waals surface area contributed by atoms with Crippen molar-refractivity contribution in [2.45, 2.75) is 52.0 Å². The van der Waals surface area contributed by atoms with Crippen molar-refractivity contribution in [3.05, 3.63) is 52.7 Å². The molecule has 0 aromatic heterocycles. The van der Waals surface area contributed by atoms with Gasteiger partial charge in [-0.3, -0.25) is 9.30 Å². The minimum atomic E-state index is -3.34. The number of allylic oxidation sites excluding steroid dienone is 1. The molecular formula is C21H28N2O2S. The highest BCUT2D eigenvalue weighted by Gasteiger charge is 2.48. The molecule has 0 saturated carbocycles. The Bertz CT molecular complexity index is 916. The van der Waals surface area contributed by atoms with Gasteiger partial charge in [-0.1, -0.05) is 45.0 Å². The van der Waals surface area contributed by atoms with Gasteiger partial charge >= 0.3 is 0 Å². The molecule has 4 nitrogen and oxygen atoms in total. The van der Waals surface area contributed by atoms with E-state index in [2.05, 4.69) is 51.1 Å². The van der Waals surface area contributed by atoms with Crippen molar-refractivity contribution in [3.63, 3.8) is 0 Å². The highest BCUT2D eigenvalue weighted by Crippen LogP contribution is 2.46. The summed E-state index contributed by atoms with van der Waals surface area (Å²) in [6.07, 6.45) is 6.00. The summed E-state index contributed by atoms with van der Waals surface area (Å²) < 4.78 is 26.2. The topological polar surface area (TPSA) is 49.7 Å². The second-order valence-corrected chi connectivity index (χ2v) is 10.3. The predicted octanol–water partition coefficient (Wildman–Crippen LogP) is 4.15. The molecule has 1 atom stereocenters. The minimum absolute atomic E-state index is 0.0885. The Balaban J connectivity index is 2.10. The smallest absolute Gasteiger partial charge is 0.232 e. The molecule has 140 valence electrons. The molecule has 0 N–H and O–H groups in total. The van der Waals surface area contributed by atoms with E-state index < -0.39 is 15.6 Å². The fourth-order valence-electron chi connectivity index (χ4n) is 3.86. The molecule has 1 aromatic rings. The van der Waals surface area contributed by atoms with Gasteiger partial charge in [0.15, 0.2) is 0 Å². The molecule has 0 bridgehead atoms. The maximum atomic E-state index is 12.4. The Labute approximate surface area is 157 Å². The highest BCUT2D eigenvalue weighted by atomic mass is 32.2. The van der Waals surface area contributed by atoms with E-state index in [0.717, 1.165) is 22.5 Å². The van der Waals surface area contributed by atoms with Crippen molar-refractivity contribution in [1.82, 2.24) is 4.31 Å². The molecule has 1 aromatic carbocycles. The monoisotopic (exact) mass is 372 g/mol. The van der Waals surface area contributed by atoms with E-state index in [1.54, 1.807) is 0 Å². The fraction of sp³-hybridized carbons (Fsp3) is 0.476. The van der Waals surface area contributed by atoms with Crippen molar-refractivity contribution in [1.29, 1.82) is 0 Å². The minimum Gasteiger partial charge on any atom is -0.273 e. The zero-order valence-corrected chi connectivity index (χ0v) is 17.3. The number of nitrogens with zero attached hydrogens (tertiary/aromatic N) is 2. The van der Waals surface area contributed by atoms with Crippen LogP contribution in [0.15, 0.2) is 46.6 Å². The highest BCUT2D eigenvalue weighted by molar-refractivity contribution is 7.88. The van der Waals surface area contributed by atoms with Gasteiger partial charge in [-0.2, -0.15) is 0 Å². The Morgan fingerprint density at radius 2 is 1.77 bits per heavy atom. The van der Waals surface area contributed by atoms with E-state index in [1.807, 2.05) is 19.9 Å². The third-order valence-corrected chi connectivity index (χ3v) is 6.47. The van der Waals surface area contributed by atoms with Gasteiger partial charge in [-0.15, -0.1) is 0 Å². The van der Waals surface area contributed by atoms with Gasteiger partial charge in [-0.05, 0) is 48.1 Å². The van der Waals surface area contributed by atoms with Crippen molar-refractivity contribution in [2.24, 2.45) is 4.99 Å². The van der Waals surface area contributed by atoms with Gasteiger partial charge < -0.3 is 0 Å². The van der Waals surface area contributed by atoms with E-state index in [9.17, 15) is 8.42 Å². The van der Waals surface area contributed by atoms with Crippen LogP contribution in [0.2, 0.25) is 0 Å². The standard InChI is InChI=1S/C21H28N2O2S/c1-15-13-16(2)22-21(15)11-12-23(26(6,24)25)19(21)14-17-7-9-18(10-8-17)20(3,4)5/h7-10,13-14H,11-12H2,1-6H3/b19-14+/t21-/m1/s1. The quantitative estimate of drug-likeness (QED) is 0.783. The lowest BCUT2D eigenvalue weighted by molar-refractivity contribution is 0.515. The molecule has 1 spiro atoms. The lowest BCUT2D eigenvalue weighted by Crippen LogP contribution is -2.32. The van der Waals surface area contributed by atoms with Crippen LogP contribution in [0.5, 0.6) is 0 Å². The summed E-state index contributed by atoms with van der Waals surface area (Å²) in [6.45, 7) is 11.0. The number of rotatable bonds is 2. The van der Waals surface area contributed by atoms with Crippen molar-refractivity contribution in [2.75, 3.05) is 12.8 Å². The number of sulfonamides is 1. The number of hydrogen-bond acceptors (Lipinski definition) is 3. The SMILES string of the molecule is CC1=CC(C)=N[C@]12CCN(S(C)(=O)=O)/C2=C/c1ccc(C(C)(C)C)cc1. The summed E-state index contributed by atoms with van der Waals surface area (Å²) in [5.74, 6) is 0. The van der Waals surface area contributed by atoms with Crippen molar-refractivity contribution >= 4 is 21.8 Å². The first kappa shape index (κ1) is 18.9. The average molecular weight is 373 g/mol. The maximum Gasteiger partial charge on any atom is 0.232 e. The number of aliphatic imine (C=N–C) groups is 1. The first-order chi connectivity index (χ1) is 11.9. The van der Waals surface area contributed by atoms with Crippen molar-refractivity contribution in [3.8, 4) is 0 Å². The van der Waals surface area contributed by atoms with Crippen LogP contribution in [0.25, 0.3) is 6.08 Å². The Hall–Kier alpha value is -1.88. The van der Waals surface area contributed by atoms with Crippen LogP contribution in [-0.2, 0) is 15.4 Å². The van der Waals surface area contributed by atoms with E-state index in [0.29, 0.717) is 13.0 Å². The largest absolute Gasteiger partial charge is 0.273 e. The first-order valence-corrected chi connectivity index (χ1v) is 10.8. The van der Waals surface area contributed by atoms with Crippen molar-refractivity contribution < 1.29 is 8.42 Å². The van der Waals surface area contributed by atoms with Gasteiger partial charge in [0.2, 0.25) is 10.0 Å². The van der Waals surface area contributed by atoms with E-state index in [-0.39, 0.29) is 5.41 Å². The summed E-state index contributed by atoms with van der Waals surface area (Å²) in [6, 6.07) is 8.35. The molecule has 0 aliphatic carbocycles. The summed E-state index contributed by atoms with van der Waals surface area (Å²) in [5, 5.41) is 0. The van der Waals surface area contributed by atoms with Crippen LogP contribution in [0, 0.1) is 0 Å². The normalized spacial score (nSPS) is 25.2. The molecule has 3 rings (SSSR count). The summed E-state index contributed by atoms with van der Waals surface area (Å²) in [5.41, 5.74) is 4.61. The van der Waals surface area contributed by atoms with E-state index >= 15 is 0 Å². The Morgan fingerprint density at radius 1 is 1.15 bits per heavy atom. The predicted molar refractivity (Wildman–Crippen MR) is 109 cm³/mol. The second-order valence-electron chi connectivity index (χ2n) is 8.43. The molecule has 2 aliphatic heterocycles. The van der Waals surface area contributed by atoms with Crippen LogP contribution < -0.4 is 0 Å². The maximum absolute atomic E-state index is 12.4. The van der Waals surface area contributed by atoms with Gasteiger partial charge in [-0.25, -0.2) is 8.42 Å². The third kappa shape index (κ3) is 3.25. The molecule has 1 fully saturated rings.